The predicted molar refractivity (Wildman–Crippen MR) is 91.3 cm³/mol. The lowest BCUT2D eigenvalue weighted by molar-refractivity contribution is 0.0946. The van der Waals surface area contributed by atoms with E-state index in [4.69, 9.17) is 9.47 Å². The number of ether oxygens (including phenoxy) is 2. The Hall–Kier alpha value is -2.76. The van der Waals surface area contributed by atoms with Gasteiger partial charge >= 0.3 is 0 Å². The monoisotopic (exact) mass is 327 g/mol. The smallest absolute Gasteiger partial charge is 0.270 e. The molecule has 0 bridgehead atoms. The molecule has 6 heteroatoms. The van der Waals surface area contributed by atoms with Crippen LogP contribution in [0.3, 0.4) is 0 Å². The number of amides is 1. The fourth-order valence-corrected chi connectivity index (χ4v) is 2.32. The van der Waals surface area contributed by atoms with Gasteiger partial charge in [-0.25, -0.2) is 4.98 Å². The lowest BCUT2D eigenvalue weighted by Crippen LogP contribution is -2.24. The first-order chi connectivity index (χ1) is 11.7. The van der Waals surface area contributed by atoms with Crippen molar-refractivity contribution in [3.63, 3.8) is 0 Å². The van der Waals surface area contributed by atoms with Crippen molar-refractivity contribution in [2.24, 2.45) is 0 Å². The summed E-state index contributed by atoms with van der Waals surface area (Å²) in [7, 11) is 0. The maximum absolute atomic E-state index is 12.2. The molecule has 0 radical (unpaired) electrons. The molecule has 3 rings (SSSR count). The first-order valence-electron chi connectivity index (χ1n) is 8.05. The van der Waals surface area contributed by atoms with Gasteiger partial charge in [-0.2, -0.15) is 0 Å². The second kappa shape index (κ2) is 7.21. The molecular weight excluding hydrogens is 306 g/mol. The van der Waals surface area contributed by atoms with E-state index in [-0.39, 0.29) is 12.7 Å². The third-order valence-electron chi connectivity index (χ3n) is 3.91. The van der Waals surface area contributed by atoms with Crippen molar-refractivity contribution in [1.29, 1.82) is 0 Å². The van der Waals surface area contributed by atoms with Gasteiger partial charge in [0.25, 0.3) is 5.91 Å². The van der Waals surface area contributed by atoms with Crippen LogP contribution in [0.2, 0.25) is 0 Å². The van der Waals surface area contributed by atoms with E-state index in [0.29, 0.717) is 24.0 Å². The van der Waals surface area contributed by atoms with Gasteiger partial charge in [-0.15, -0.1) is 0 Å². The Morgan fingerprint density at radius 2 is 2.08 bits per heavy atom. The highest BCUT2D eigenvalue weighted by Gasteiger charge is 2.14. The topological polar surface area (TPSA) is 72.5 Å². The van der Waals surface area contributed by atoms with Crippen molar-refractivity contribution >= 4 is 11.6 Å². The summed E-state index contributed by atoms with van der Waals surface area (Å²) < 4.78 is 10.6. The van der Waals surface area contributed by atoms with E-state index in [2.05, 4.69) is 29.5 Å². The first-order valence-corrected chi connectivity index (χ1v) is 8.05. The van der Waals surface area contributed by atoms with Gasteiger partial charge in [0, 0.05) is 12.6 Å². The zero-order valence-electron chi connectivity index (χ0n) is 13.8. The van der Waals surface area contributed by atoms with E-state index >= 15 is 0 Å². The van der Waals surface area contributed by atoms with E-state index in [1.54, 1.807) is 12.3 Å². The SMILES string of the molecule is CCC(C)Nc1ccc(C(=O)NCc2ccc3c(c2)OCO3)nc1. The zero-order valence-corrected chi connectivity index (χ0v) is 13.8. The molecule has 126 valence electrons. The molecule has 1 aromatic carbocycles. The van der Waals surface area contributed by atoms with E-state index in [1.165, 1.54) is 0 Å². The van der Waals surface area contributed by atoms with Crippen molar-refractivity contribution in [3.05, 3.63) is 47.8 Å². The highest BCUT2D eigenvalue weighted by molar-refractivity contribution is 5.92. The maximum Gasteiger partial charge on any atom is 0.270 e. The van der Waals surface area contributed by atoms with E-state index < -0.39 is 0 Å². The minimum absolute atomic E-state index is 0.206. The summed E-state index contributed by atoms with van der Waals surface area (Å²) in [4.78, 5) is 16.4. The average molecular weight is 327 g/mol. The van der Waals surface area contributed by atoms with Crippen molar-refractivity contribution in [2.75, 3.05) is 12.1 Å². The minimum Gasteiger partial charge on any atom is -0.454 e. The van der Waals surface area contributed by atoms with Gasteiger partial charge < -0.3 is 20.1 Å². The van der Waals surface area contributed by atoms with Crippen LogP contribution in [0.25, 0.3) is 0 Å². The number of nitrogens with one attached hydrogen (secondary N) is 2. The van der Waals surface area contributed by atoms with Crippen molar-refractivity contribution in [1.82, 2.24) is 10.3 Å². The molecule has 24 heavy (non-hydrogen) atoms. The second-order valence-corrected chi connectivity index (χ2v) is 5.76. The molecule has 2 heterocycles. The molecule has 6 nitrogen and oxygen atoms in total. The van der Waals surface area contributed by atoms with Crippen LogP contribution in [-0.2, 0) is 6.54 Å². The standard InChI is InChI=1S/C18H21N3O3/c1-3-12(2)21-14-5-6-15(19-10-14)18(22)20-9-13-4-7-16-17(8-13)24-11-23-16/h4-8,10,12,21H,3,9,11H2,1-2H3,(H,20,22). The highest BCUT2D eigenvalue weighted by Crippen LogP contribution is 2.32. The van der Waals surface area contributed by atoms with Crippen molar-refractivity contribution < 1.29 is 14.3 Å². The van der Waals surface area contributed by atoms with Crippen LogP contribution < -0.4 is 20.1 Å². The average Bonchev–Trinajstić information content (AvgIpc) is 3.08. The number of aromatic nitrogens is 1. The number of hydrogen-bond acceptors (Lipinski definition) is 5. The normalized spacial score (nSPS) is 13.4. The number of carbonyl (C=O) groups excluding carboxylic acids is 1. The van der Waals surface area contributed by atoms with Crippen LogP contribution in [0.1, 0.15) is 36.3 Å². The number of pyridine rings is 1. The van der Waals surface area contributed by atoms with Gasteiger partial charge in [0.15, 0.2) is 11.5 Å². The molecule has 1 atom stereocenters. The Morgan fingerprint density at radius 3 is 2.83 bits per heavy atom. The molecule has 0 fully saturated rings. The highest BCUT2D eigenvalue weighted by atomic mass is 16.7. The van der Waals surface area contributed by atoms with Crippen LogP contribution in [0.5, 0.6) is 11.5 Å². The lowest BCUT2D eigenvalue weighted by Gasteiger charge is -2.12. The number of fused-ring (bicyclic) bond motifs is 1. The summed E-state index contributed by atoms with van der Waals surface area (Å²) in [6.07, 6.45) is 2.71. The third-order valence-corrected chi connectivity index (χ3v) is 3.91. The van der Waals surface area contributed by atoms with Gasteiger partial charge in [0.2, 0.25) is 6.79 Å². The number of hydrogen-bond donors (Lipinski definition) is 2. The molecule has 1 aliphatic rings. The van der Waals surface area contributed by atoms with Crippen LogP contribution >= 0.6 is 0 Å². The van der Waals surface area contributed by atoms with Gasteiger partial charge in [-0.3, -0.25) is 4.79 Å². The fourth-order valence-electron chi connectivity index (χ4n) is 2.32. The van der Waals surface area contributed by atoms with Crippen LogP contribution in [-0.4, -0.2) is 23.7 Å². The van der Waals surface area contributed by atoms with E-state index in [0.717, 1.165) is 23.4 Å². The Bertz CT molecular complexity index is 716. The summed E-state index contributed by atoms with van der Waals surface area (Å²) in [5.41, 5.74) is 2.25. The summed E-state index contributed by atoms with van der Waals surface area (Å²) in [5, 5.41) is 6.18. The zero-order chi connectivity index (χ0) is 16.9. The minimum atomic E-state index is -0.206. The molecular formula is C18H21N3O3. The van der Waals surface area contributed by atoms with Crippen molar-refractivity contribution in [2.45, 2.75) is 32.9 Å². The molecule has 0 saturated carbocycles. The maximum atomic E-state index is 12.2. The Morgan fingerprint density at radius 1 is 1.25 bits per heavy atom. The number of anilines is 1. The van der Waals surface area contributed by atoms with Gasteiger partial charge in [-0.1, -0.05) is 13.0 Å². The number of rotatable bonds is 6. The summed E-state index contributed by atoms with van der Waals surface area (Å²) in [5.74, 6) is 1.24. The summed E-state index contributed by atoms with van der Waals surface area (Å²) in [6, 6.07) is 9.58. The Labute approximate surface area is 141 Å². The summed E-state index contributed by atoms with van der Waals surface area (Å²) in [6.45, 7) is 4.87. The molecule has 0 aliphatic carbocycles. The van der Waals surface area contributed by atoms with Crippen LogP contribution in [0.15, 0.2) is 36.5 Å². The van der Waals surface area contributed by atoms with Gasteiger partial charge in [-0.05, 0) is 43.2 Å². The lowest BCUT2D eigenvalue weighted by atomic mass is 10.2. The van der Waals surface area contributed by atoms with E-state index in [1.807, 2.05) is 24.3 Å². The molecule has 0 spiro atoms. The number of benzene rings is 1. The summed E-state index contributed by atoms with van der Waals surface area (Å²) >= 11 is 0. The second-order valence-electron chi connectivity index (χ2n) is 5.76. The third kappa shape index (κ3) is 3.76. The Balaban J connectivity index is 1.57. The van der Waals surface area contributed by atoms with Gasteiger partial charge in [0.05, 0.1) is 11.9 Å². The quantitative estimate of drug-likeness (QED) is 0.853. The molecule has 1 unspecified atom stereocenters. The Kier molecular flexibility index (Phi) is 4.84. The van der Waals surface area contributed by atoms with Crippen molar-refractivity contribution in [3.8, 4) is 11.5 Å². The molecule has 1 aliphatic heterocycles. The van der Waals surface area contributed by atoms with Crippen LogP contribution in [0.4, 0.5) is 5.69 Å². The number of carbonyl (C=O) groups is 1. The molecule has 2 aromatic rings. The predicted octanol–water partition coefficient (Wildman–Crippen LogP) is 2.95. The van der Waals surface area contributed by atoms with Gasteiger partial charge in [0.1, 0.15) is 5.69 Å². The first kappa shape index (κ1) is 16.1. The van der Waals surface area contributed by atoms with Crippen LogP contribution in [0, 0.1) is 0 Å². The molecule has 2 N–H and O–H groups in total. The molecule has 1 amide bonds. The molecule has 1 aromatic heterocycles. The fraction of sp³-hybridized carbons (Fsp3) is 0.333. The molecule has 0 saturated heterocycles. The number of nitrogens with zero attached hydrogens (tertiary/aromatic N) is 1. The van der Waals surface area contributed by atoms with E-state index in [9.17, 15) is 4.79 Å². The largest absolute Gasteiger partial charge is 0.454 e.